The highest BCUT2D eigenvalue weighted by Crippen LogP contribution is 2.29. The lowest BCUT2D eigenvalue weighted by Gasteiger charge is -2.23. The van der Waals surface area contributed by atoms with Gasteiger partial charge in [0.1, 0.15) is 0 Å². The average molecular weight is 402 g/mol. The fourth-order valence-corrected chi connectivity index (χ4v) is 3.59. The number of hydrogen-bond donors (Lipinski definition) is 2. The largest absolute Gasteiger partial charge is 0.378 e. The summed E-state index contributed by atoms with van der Waals surface area (Å²) in [5.74, 6) is -0.0769. The number of nitrogens with zero attached hydrogens (tertiary/aromatic N) is 1. The first-order valence-corrected chi connectivity index (χ1v) is 9.31. The minimum Gasteiger partial charge on any atom is -0.378 e. The molecule has 1 saturated heterocycles. The van der Waals surface area contributed by atoms with E-state index in [0.717, 1.165) is 18.7 Å². The summed E-state index contributed by atoms with van der Waals surface area (Å²) < 4.78 is 5.36. The van der Waals surface area contributed by atoms with Crippen molar-refractivity contribution in [3.05, 3.63) is 59.7 Å². The Labute approximate surface area is 170 Å². The number of amides is 2. The Kier molecular flexibility index (Phi) is 6.67. The van der Waals surface area contributed by atoms with E-state index >= 15 is 0 Å². The molecule has 0 saturated carbocycles. The molecular formula is C21H24ClN3O3. The molecule has 2 heterocycles. The summed E-state index contributed by atoms with van der Waals surface area (Å²) in [6, 6.07) is 15.1. The second-order valence-electron chi connectivity index (χ2n) is 6.89. The summed E-state index contributed by atoms with van der Waals surface area (Å²) in [6.45, 7) is 2.72. The molecular weight excluding hydrogens is 378 g/mol. The monoisotopic (exact) mass is 401 g/mol. The van der Waals surface area contributed by atoms with Crippen LogP contribution in [0.25, 0.3) is 0 Å². The number of nitrogens with one attached hydrogen (secondary N) is 2. The minimum absolute atomic E-state index is 0. The van der Waals surface area contributed by atoms with Gasteiger partial charge in [-0.15, -0.1) is 12.4 Å². The highest BCUT2D eigenvalue weighted by atomic mass is 35.5. The van der Waals surface area contributed by atoms with Crippen molar-refractivity contribution in [2.24, 2.45) is 0 Å². The molecule has 0 aliphatic carbocycles. The molecule has 2 amide bonds. The third-order valence-corrected chi connectivity index (χ3v) is 4.98. The standard InChI is InChI=1S/C21H23N3O3.ClH/c25-20(13-18-14-27-12-10-22-18)23-17-7-5-16(6-8-17)21(26)24-11-9-15-3-1-2-4-19(15)24;/h1-8,18,22H,9-14H2,(H,23,25);1H. The molecule has 28 heavy (non-hydrogen) atoms. The first kappa shape index (κ1) is 20.3. The van der Waals surface area contributed by atoms with Crippen LogP contribution in [0.4, 0.5) is 11.4 Å². The second kappa shape index (κ2) is 9.19. The molecule has 0 aromatic heterocycles. The smallest absolute Gasteiger partial charge is 0.258 e. The number of para-hydroxylation sites is 1. The predicted octanol–water partition coefficient (Wildman–Crippen LogP) is 2.63. The van der Waals surface area contributed by atoms with Gasteiger partial charge in [-0.1, -0.05) is 18.2 Å². The van der Waals surface area contributed by atoms with Crippen LogP contribution in [0.1, 0.15) is 22.3 Å². The van der Waals surface area contributed by atoms with Crippen LogP contribution in [0.15, 0.2) is 48.5 Å². The summed E-state index contributed by atoms with van der Waals surface area (Å²) in [4.78, 5) is 26.8. The van der Waals surface area contributed by atoms with E-state index in [9.17, 15) is 9.59 Å². The number of hydrogen-bond acceptors (Lipinski definition) is 4. The van der Waals surface area contributed by atoms with Crippen molar-refractivity contribution in [1.29, 1.82) is 0 Å². The molecule has 2 aromatic carbocycles. The Hall–Kier alpha value is -2.41. The highest BCUT2D eigenvalue weighted by molar-refractivity contribution is 6.07. The third-order valence-electron chi connectivity index (χ3n) is 4.98. The van der Waals surface area contributed by atoms with E-state index in [0.29, 0.717) is 37.4 Å². The highest BCUT2D eigenvalue weighted by Gasteiger charge is 2.25. The zero-order valence-electron chi connectivity index (χ0n) is 15.5. The molecule has 1 unspecified atom stereocenters. The van der Waals surface area contributed by atoms with E-state index in [-0.39, 0.29) is 30.3 Å². The molecule has 1 atom stereocenters. The van der Waals surface area contributed by atoms with Crippen molar-refractivity contribution in [3.63, 3.8) is 0 Å². The van der Waals surface area contributed by atoms with Gasteiger partial charge in [-0.05, 0) is 42.3 Å². The van der Waals surface area contributed by atoms with Gasteiger partial charge in [-0.2, -0.15) is 0 Å². The number of anilines is 2. The van der Waals surface area contributed by atoms with E-state index < -0.39 is 0 Å². The average Bonchev–Trinajstić information content (AvgIpc) is 3.13. The summed E-state index contributed by atoms with van der Waals surface area (Å²) >= 11 is 0. The molecule has 0 spiro atoms. The lowest BCUT2D eigenvalue weighted by atomic mass is 10.1. The number of fused-ring (bicyclic) bond motifs is 1. The number of rotatable bonds is 4. The fraction of sp³-hybridized carbons (Fsp3) is 0.333. The maximum atomic E-state index is 12.8. The normalized spacial score (nSPS) is 18.1. The van der Waals surface area contributed by atoms with Crippen LogP contribution in [-0.2, 0) is 16.0 Å². The van der Waals surface area contributed by atoms with E-state index in [1.807, 2.05) is 23.1 Å². The first-order valence-electron chi connectivity index (χ1n) is 9.31. The number of benzene rings is 2. The Morgan fingerprint density at radius 1 is 1.14 bits per heavy atom. The minimum atomic E-state index is -0.0643. The van der Waals surface area contributed by atoms with Crippen molar-refractivity contribution >= 4 is 35.6 Å². The number of morpholine rings is 1. The molecule has 2 aromatic rings. The molecule has 6 nitrogen and oxygen atoms in total. The van der Waals surface area contributed by atoms with Crippen molar-refractivity contribution in [1.82, 2.24) is 5.32 Å². The summed E-state index contributed by atoms with van der Waals surface area (Å²) in [5, 5.41) is 6.14. The topological polar surface area (TPSA) is 70.7 Å². The van der Waals surface area contributed by atoms with Crippen LogP contribution >= 0.6 is 12.4 Å². The molecule has 2 N–H and O–H groups in total. The molecule has 4 rings (SSSR count). The van der Waals surface area contributed by atoms with Gasteiger partial charge < -0.3 is 20.3 Å². The van der Waals surface area contributed by atoms with Crippen molar-refractivity contribution < 1.29 is 14.3 Å². The first-order chi connectivity index (χ1) is 13.2. The molecule has 0 radical (unpaired) electrons. The van der Waals surface area contributed by atoms with Crippen LogP contribution in [0.3, 0.4) is 0 Å². The van der Waals surface area contributed by atoms with Crippen molar-refractivity contribution in [2.75, 3.05) is 36.5 Å². The van der Waals surface area contributed by atoms with Crippen molar-refractivity contribution in [3.8, 4) is 0 Å². The van der Waals surface area contributed by atoms with E-state index in [1.54, 1.807) is 24.3 Å². The predicted molar refractivity (Wildman–Crippen MR) is 111 cm³/mol. The summed E-state index contributed by atoms with van der Waals surface area (Å²) in [5.41, 5.74) is 3.50. The van der Waals surface area contributed by atoms with Gasteiger partial charge in [-0.3, -0.25) is 9.59 Å². The number of carbonyl (C=O) groups is 2. The second-order valence-corrected chi connectivity index (χ2v) is 6.89. The number of ether oxygens (including phenoxy) is 1. The van der Waals surface area contributed by atoms with Crippen LogP contribution < -0.4 is 15.5 Å². The Morgan fingerprint density at radius 3 is 2.68 bits per heavy atom. The van der Waals surface area contributed by atoms with Gasteiger partial charge in [-0.25, -0.2) is 0 Å². The van der Waals surface area contributed by atoms with Gasteiger partial charge in [0.25, 0.3) is 5.91 Å². The van der Waals surface area contributed by atoms with Crippen LogP contribution in [0.5, 0.6) is 0 Å². The van der Waals surface area contributed by atoms with Crippen LogP contribution in [0.2, 0.25) is 0 Å². The van der Waals surface area contributed by atoms with Crippen LogP contribution in [-0.4, -0.2) is 44.2 Å². The lowest BCUT2D eigenvalue weighted by molar-refractivity contribution is -0.117. The summed E-state index contributed by atoms with van der Waals surface area (Å²) in [7, 11) is 0. The number of carbonyl (C=O) groups excluding carboxylic acids is 2. The molecule has 2 aliphatic rings. The van der Waals surface area contributed by atoms with Gasteiger partial charge in [0.2, 0.25) is 5.91 Å². The Bertz CT molecular complexity index is 835. The molecule has 148 valence electrons. The molecule has 1 fully saturated rings. The molecule has 7 heteroatoms. The zero-order chi connectivity index (χ0) is 18.6. The van der Waals surface area contributed by atoms with Gasteiger partial charge >= 0.3 is 0 Å². The van der Waals surface area contributed by atoms with Gasteiger partial charge in [0, 0.05) is 42.5 Å². The Morgan fingerprint density at radius 2 is 1.93 bits per heavy atom. The van der Waals surface area contributed by atoms with Gasteiger partial charge in [0.05, 0.1) is 13.2 Å². The van der Waals surface area contributed by atoms with Gasteiger partial charge in [0.15, 0.2) is 0 Å². The van der Waals surface area contributed by atoms with E-state index in [4.69, 9.17) is 4.74 Å². The lowest BCUT2D eigenvalue weighted by Crippen LogP contribution is -2.43. The van der Waals surface area contributed by atoms with E-state index in [1.165, 1.54) is 5.56 Å². The molecule has 2 aliphatic heterocycles. The maximum Gasteiger partial charge on any atom is 0.258 e. The fourth-order valence-electron chi connectivity index (χ4n) is 3.59. The third kappa shape index (κ3) is 4.52. The van der Waals surface area contributed by atoms with Crippen molar-refractivity contribution in [2.45, 2.75) is 18.9 Å². The van der Waals surface area contributed by atoms with Crippen LogP contribution in [0, 0.1) is 0 Å². The zero-order valence-corrected chi connectivity index (χ0v) is 16.3. The maximum absolute atomic E-state index is 12.8. The van der Waals surface area contributed by atoms with E-state index in [2.05, 4.69) is 16.7 Å². The number of halogens is 1. The summed E-state index contributed by atoms with van der Waals surface area (Å²) in [6.07, 6.45) is 1.25. The SMILES string of the molecule is Cl.O=C(CC1COCCN1)Nc1ccc(C(=O)N2CCc3ccccc32)cc1. The molecule has 0 bridgehead atoms. The Balaban J connectivity index is 0.00000225. The quantitative estimate of drug-likeness (QED) is 0.826.